The third-order valence-electron chi connectivity index (χ3n) is 1.97. The normalized spacial score (nSPS) is 12.6. The topological polar surface area (TPSA) is 38.3 Å². The molecule has 0 aliphatic rings. The number of ether oxygens (including phenoxy) is 1. The van der Waals surface area contributed by atoms with Crippen LogP contribution in [0.3, 0.4) is 0 Å². The van der Waals surface area contributed by atoms with Gasteiger partial charge in [-0.1, -0.05) is 34.6 Å². The molecule has 1 amide bonds. The molecule has 0 radical (unpaired) electrons. The standard InChI is InChI=1S/C9H17F2NO2.C2H6/c1-6(9(2,3)4)12-8(13)14-5-7(10)11;1-2/h6-7H,5H2,1-4H3,(H,12,13);1-2H3. The van der Waals surface area contributed by atoms with Gasteiger partial charge in [0.25, 0.3) is 6.43 Å². The molecule has 0 aromatic heterocycles. The molecule has 0 fully saturated rings. The number of halogens is 2. The number of alkyl carbamates (subject to hydrolysis) is 1. The van der Waals surface area contributed by atoms with Crippen molar-refractivity contribution in [3.8, 4) is 0 Å². The minimum Gasteiger partial charge on any atom is -0.443 e. The summed E-state index contributed by atoms with van der Waals surface area (Å²) in [6.45, 7) is 10.7. The molecule has 0 aliphatic heterocycles. The molecule has 0 spiro atoms. The van der Waals surface area contributed by atoms with Crippen LogP contribution in [0.2, 0.25) is 0 Å². The van der Waals surface area contributed by atoms with E-state index in [9.17, 15) is 13.6 Å². The molecule has 3 nitrogen and oxygen atoms in total. The van der Waals surface area contributed by atoms with Crippen LogP contribution in [0.4, 0.5) is 13.6 Å². The van der Waals surface area contributed by atoms with E-state index in [1.165, 1.54) is 0 Å². The van der Waals surface area contributed by atoms with E-state index in [1.807, 2.05) is 34.6 Å². The molecule has 0 saturated carbocycles. The molecular weight excluding hydrogens is 216 g/mol. The Morgan fingerprint density at radius 3 is 2.06 bits per heavy atom. The highest BCUT2D eigenvalue weighted by Crippen LogP contribution is 2.18. The van der Waals surface area contributed by atoms with E-state index in [4.69, 9.17) is 0 Å². The lowest BCUT2D eigenvalue weighted by molar-refractivity contribution is 0.0459. The molecule has 0 aliphatic carbocycles. The van der Waals surface area contributed by atoms with Gasteiger partial charge >= 0.3 is 6.09 Å². The summed E-state index contributed by atoms with van der Waals surface area (Å²) in [6.07, 6.45) is -3.42. The van der Waals surface area contributed by atoms with Crippen LogP contribution >= 0.6 is 0 Å². The summed E-state index contributed by atoms with van der Waals surface area (Å²) in [5.74, 6) is 0. The van der Waals surface area contributed by atoms with Gasteiger partial charge in [-0.05, 0) is 12.3 Å². The van der Waals surface area contributed by atoms with Gasteiger partial charge in [0.1, 0.15) is 0 Å². The number of alkyl halides is 2. The summed E-state index contributed by atoms with van der Waals surface area (Å²) in [4.78, 5) is 10.9. The number of hydrogen-bond acceptors (Lipinski definition) is 2. The number of carbonyl (C=O) groups is 1. The van der Waals surface area contributed by atoms with Crippen molar-refractivity contribution in [2.45, 2.75) is 54.0 Å². The van der Waals surface area contributed by atoms with Crippen molar-refractivity contribution in [1.82, 2.24) is 5.32 Å². The molecule has 98 valence electrons. The summed E-state index contributed by atoms with van der Waals surface area (Å²) in [5.41, 5.74) is -0.121. The maximum atomic E-state index is 11.7. The monoisotopic (exact) mass is 239 g/mol. The quantitative estimate of drug-likeness (QED) is 0.819. The zero-order valence-corrected chi connectivity index (χ0v) is 10.9. The van der Waals surface area contributed by atoms with Gasteiger partial charge in [-0.2, -0.15) is 0 Å². The van der Waals surface area contributed by atoms with E-state index in [1.54, 1.807) is 6.92 Å². The third kappa shape index (κ3) is 9.68. The zero-order valence-electron chi connectivity index (χ0n) is 10.9. The first-order valence-corrected chi connectivity index (χ1v) is 5.45. The Bertz CT molecular complexity index is 191. The Morgan fingerprint density at radius 2 is 1.75 bits per heavy atom. The fraction of sp³-hybridized carbons (Fsp3) is 0.909. The van der Waals surface area contributed by atoms with Gasteiger partial charge in [0.2, 0.25) is 0 Å². The first kappa shape index (κ1) is 17.5. The maximum absolute atomic E-state index is 11.7. The molecular formula is C11H23F2NO2. The van der Waals surface area contributed by atoms with Crippen molar-refractivity contribution >= 4 is 6.09 Å². The Balaban J connectivity index is 0. The fourth-order valence-corrected chi connectivity index (χ4v) is 0.574. The van der Waals surface area contributed by atoms with Crippen molar-refractivity contribution < 1.29 is 18.3 Å². The van der Waals surface area contributed by atoms with Crippen molar-refractivity contribution in [3.05, 3.63) is 0 Å². The maximum Gasteiger partial charge on any atom is 0.407 e. The molecule has 0 saturated heterocycles. The van der Waals surface area contributed by atoms with Crippen molar-refractivity contribution in [1.29, 1.82) is 0 Å². The Morgan fingerprint density at radius 1 is 1.31 bits per heavy atom. The van der Waals surface area contributed by atoms with E-state index in [0.29, 0.717) is 0 Å². The van der Waals surface area contributed by atoms with Gasteiger partial charge in [-0.25, -0.2) is 13.6 Å². The second-order valence-electron chi connectivity index (χ2n) is 4.22. The summed E-state index contributed by atoms with van der Waals surface area (Å²) in [5, 5.41) is 2.48. The average Bonchev–Trinajstić information content (AvgIpc) is 2.16. The number of carbonyl (C=O) groups excluding carboxylic acids is 1. The van der Waals surface area contributed by atoms with E-state index >= 15 is 0 Å². The van der Waals surface area contributed by atoms with E-state index in [2.05, 4.69) is 10.1 Å². The Kier molecular flexibility index (Phi) is 9.09. The second kappa shape index (κ2) is 8.30. The highest BCUT2D eigenvalue weighted by molar-refractivity contribution is 5.67. The molecule has 0 heterocycles. The molecule has 0 aromatic carbocycles. The Labute approximate surface area is 96.6 Å². The molecule has 5 heteroatoms. The third-order valence-corrected chi connectivity index (χ3v) is 1.97. The van der Waals surface area contributed by atoms with Crippen LogP contribution in [0, 0.1) is 5.41 Å². The van der Waals surface area contributed by atoms with Crippen LogP contribution in [0.1, 0.15) is 41.5 Å². The van der Waals surface area contributed by atoms with Crippen LogP contribution < -0.4 is 5.32 Å². The van der Waals surface area contributed by atoms with Crippen LogP contribution in [-0.2, 0) is 4.74 Å². The van der Waals surface area contributed by atoms with Gasteiger partial charge in [0.15, 0.2) is 6.61 Å². The Hall–Kier alpha value is -0.870. The largest absolute Gasteiger partial charge is 0.443 e. The number of rotatable bonds is 3. The summed E-state index contributed by atoms with van der Waals surface area (Å²) >= 11 is 0. The minimum absolute atomic E-state index is 0.121. The van der Waals surface area contributed by atoms with Crippen LogP contribution in [0.5, 0.6) is 0 Å². The number of amides is 1. The van der Waals surface area contributed by atoms with E-state index in [-0.39, 0.29) is 11.5 Å². The first-order valence-electron chi connectivity index (χ1n) is 5.45. The van der Waals surface area contributed by atoms with Crippen molar-refractivity contribution in [2.24, 2.45) is 5.41 Å². The molecule has 1 unspecified atom stereocenters. The first-order chi connectivity index (χ1) is 7.23. The smallest absolute Gasteiger partial charge is 0.407 e. The highest BCUT2D eigenvalue weighted by atomic mass is 19.3. The average molecular weight is 239 g/mol. The van der Waals surface area contributed by atoms with Gasteiger partial charge in [0, 0.05) is 6.04 Å². The minimum atomic E-state index is -2.62. The van der Waals surface area contributed by atoms with Crippen molar-refractivity contribution in [3.63, 3.8) is 0 Å². The fourth-order valence-electron chi connectivity index (χ4n) is 0.574. The van der Waals surface area contributed by atoms with Crippen LogP contribution in [-0.4, -0.2) is 25.2 Å². The predicted molar refractivity (Wildman–Crippen MR) is 60.8 cm³/mol. The predicted octanol–water partition coefficient (Wildman–Crippen LogP) is 3.44. The second-order valence-corrected chi connectivity index (χ2v) is 4.22. The van der Waals surface area contributed by atoms with Gasteiger partial charge in [-0.3, -0.25) is 0 Å². The lowest BCUT2D eigenvalue weighted by atomic mass is 9.88. The van der Waals surface area contributed by atoms with Crippen LogP contribution in [0.15, 0.2) is 0 Å². The molecule has 0 aromatic rings. The van der Waals surface area contributed by atoms with Gasteiger partial charge in [0.05, 0.1) is 0 Å². The van der Waals surface area contributed by atoms with E-state index < -0.39 is 19.1 Å². The molecule has 1 atom stereocenters. The van der Waals surface area contributed by atoms with Crippen molar-refractivity contribution in [2.75, 3.05) is 6.61 Å². The molecule has 16 heavy (non-hydrogen) atoms. The van der Waals surface area contributed by atoms with Gasteiger partial charge < -0.3 is 10.1 Å². The summed E-state index contributed by atoms with van der Waals surface area (Å²) < 4.78 is 27.6. The number of nitrogens with one attached hydrogen (secondary N) is 1. The lowest BCUT2D eigenvalue weighted by Crippen LogP contribution is -2.42. The zero-order chi connectivity index (χ0) is 13.4. The summed E-state index contributed by atoms with van der Waals surface area (Å²) in [6, 6.07) is -0.132. The van der Waals surface area contributed by atoms with Crippen LogP contribution in [0.25, 0.3) is 0 Å². The lowest BCUT2D eigenvalue weighted by Gasteiger charge is -2.27. The number of hydrogen-bond donors (Lipinski definition) is 1. The van der Waals surface area contributed by atoms with E-state index in [0.717, 1.165) is 0 Å². The molecule has 1 N–H and O–H groups in total. The molecule has 0 rings (SSSR count). The molecule has 0 bridgehead atoms. The SMILES string of the molecule is CC.CC(NC(=O)OCC(F)F)C(C)(C)C. The highest BCUT2D eigenvalue weighted by Gasteiger charge is 2.22. The van der Waals surface area contributed by atoms with Gasteiger partial charge in [-0.15, -0.1) is 0 Å². The summed E-state index contributed by atoms with van der Waals surface area (Å²) in [7, 11) is 0.